The Morgan fingerprint density at radius 3 is 2.50 bits per heavy atom. The fraction of sp³-hybridized carbons (Fsp3) is 0.250. The number of halogens is 1. The molecule has 16 heavy (non-hydrogen) atoms. The molecule has 0 atom stereocenters. The third-order valence-electron chi connectivity index (χ3n) is 2.36. The molecule has 0 aliphatic heterocycles. The van der Waals surface area contributed by atoms with Gasteiger partial charge in [-0.2, -0.15) is 0 Å². The van der Waals surface area contributed by atoms with Gasteiger partial charge in [-0.25, -0.2) is 4.98 Å². The quantitative estimate of drug-likeness (QED) is 0.886. The molecule has 1 aromatic carbocycles. The van der Waals surface area contributed by atoms with Crippen LogP contribution in [0.1, 0.15) is 17.3 Å². The molecule has 0 saturated carbocycles. The highest BCUT2D eigenvalue weighted by molar-refractivity contribution is 6.30. The number of hydrogen-bond acceptors (Lipinski definition) is 3. The molecule has 84 valence electrons. The summed E-state index contributed by atoms with van der Waals surface area (Å²) in [6.07, 6.45) is 0. The fourth-order valence-corrected chi connectivity index (χ4v) is 1.49. The van der Waals surface area contributed by atoms with E-state index in [4.69, 9.17) is 16.0 Å². The van der Waals surface area contributed by atoms with Crippen molar-refractivity contribution in [3.63, 3.8) is 0 Å². The average Bonchev–Trinajstić information content (AvgIpc) is 2.58. The van der Waals surface area contributed by atoms with Gasteiger partial charge >= 0.3 is 0 Å². The molecule has 1 aromatic heterocycles. The van der Waals surface area contributed by atoms with Gasteiger partial charge in [0, 0.05) is 10.7 Å². The molecule has 3 nitrogen and oxygen atoms in total. The van der Waals surface area contributed by atoms with Gasteiger partial charge in [-0.15, -0.1) is 0 Å². The van der Waals surface area contributed by atoms with Crippen LogP contribution in [-0.2, 0) is 6.54 Å². The van der Waals surface area contributed by atoms with Crippen molar-refractivity contribution < 1.29 is 4.42 Å². The first-order valence-corrected chi connectivity index (χ1v) is 5.45. The second kappa shape index (κ2) is 4.58. The van der Waals surface area contributed by atoms with E-state index in [0.717, 1.165) is 22.2 Å². The minimum absolute atomic E-state index is 0.580. The van der Waals surface area contributed by atoms with Crippen molar-refractivity contribution in [3.05, 3.63) is 46.6 Å². The minimum atomic E-state index is 0.580. The summed E-state index contributed by atoms with van der Waals surface area (Å²) in [5.74, 6) is 1.57. The van der Waals surface area contributed by atoms with Crippen molar-refractivity contribution >= 4 is 17.3 Å². The predicted octanol–water partition coefficient (Wildman–Crippen LogP) is 3.56. The van der Waals surface area contributed by atoms with Gasteiger partial charge in [0.15, 0.2) is 0 Å². The Balaban J connectivity index is 1.99. The van der Waals surface area contributed by atoms with Crippen LogP contribution in [0.2, 0.25) is 5.02 Å². The summed E-state index contributed by atoms with van der Waals surface area (Å²) in [6.45, 7) is 4.43. The van der Waals surface area contributed by atoms with Crippen LogP contribution in [0.5, 0.6) is 0 Å². The van der Waals surface area contributed by atoms with Gasteiger partial charge in [0.25, 0.3) is 0 Å². The molecule has 0 bridgehead atoms. The van der Waals surface area contributed by atoms with E-state index >= 15 is 0 Å². The molecule has 1 heterocycles. The number of oxazole rings is 1. The van der Waals surface area contributed by atoms with Gasteiger partial charge in [0.05, 0.1) is 12.2 Å². The smallest absolute Gasteiger partial charge is 0.213 e. The lowest BCUT2D eigenvalue weighted by Crippen LogP contribution is -1.99. The van der Waals surface area contributed by atoms with E-state index in [1.807, 2.05) is 38.1 Å². The molecular weight excluding hydrogens is 224 g/mol. The normalized spacial score (nSPS) is 10.4. The number of aryl methyl sites for hydroxylation is 2. The molecule has 0 aliphatic rings. The first-order chi connectivity index (χ1) is 7.65. The summed E-state index contributed by atoms with van der Waals surface area (Å²) in [5, 5.41) is 3.94. The predicted molar refractivity (Wildman–Crippen MR) is 64.8 cm³/mol. The number of hydrogen-bond donors (Lipinski definition) is 1. The van der Waals surface area contributed by atoms with Crippen molar-refractivity contribution in [2.45, 2.75) is 20.4 Å². The standard InChI is InChI=1S/C12H13ClN2O/c1-8-9(2)16-12(15-8)7-14-11-5-3-10(13)4-6-11/h3-6,14H,7H2,1-2H3. The summed E-state index contributed by atoms with van der Waals surface area (Å²) in [5.41, 5.74) is 1.94. The van der Waals surface area contributed by atoms with Crippen LogP contribution < -0.4 is 5.32 Å². The molecule has 2 aromatic rings. The third-order valence-corrected chi connectivity index (χ3v) is 2.61. The van der Waals surface area contributed by atoms with Crippen LogP contribution in [-0.4, -0.2) is 4.98 Å². The van der Waals surface area contributed by atoms with E-state index in [1.54, 1.807) is 0 Å². The van der Waals surface area contributed by atoms with Crippen LogP contribution in [0.4, 0.5) is 5.69 Å². The van der Waals surface area contributed by atoms with E-state index in [2.05, 4.69) is 10.3 Å². The van der Waals surface area contributed by atoms with Crippen LogP contribution in [0.15, 0.2) is 28.7 Å². The molecular formula is C12H13ClN2O. The zero-order valence-corrected chi connectivity index (χ0v) is 10.0. The highest BCUT2D eigenvalue weighted by Crippen LogP contribution is 2.15. The van der Waals surface area contributed by atoms with E-state index in [1.165, 1.54) is 0 Å². The molecule has 0 saturated heterocycles. The number of rotatable bonds is 3. The molecule has 0 fully saturated rings. The van der Waals surface area contributed by atoms with E-state index in [9.17, 15) is 0 Å². The molecule has 0 aliphatic carbocycles. The van der Waals surface area contributed by atoms with Crippen LogP contribution in [0.25, 0.3) is 0 Å². The highest BCUT2D eigenvalue weighted by Gasteiger charge is 2.04. The van der Waals surface area contributed by atoms with E-state index in [0.29, 0.717) is 12.4 Å². The lowest BCUT2D eigenvalue weighted by molar-refractivity contribution is 0.478. The van der Waals surface area contributed by atoms with Crippen molar-refractivity contribution in [2.75, 3.05) is 5.32 Å². The largest absolute Gasteiger partial charge is 0.444 e. The van der Waals surface area contributed by atoms with Gasteiger partial charge < -0.3 is 9.73 Å². The second-order valence-electron chi connectivity index (χ2n) is 3.61. The molecule has 0 unspecified atom stereocenters. The zero-order chi connectivity index (χ0) is 11.5. The molecule has 0 radical (unpaired) electrons. The lowest BCUT2D eigenvalue weighted by atomic mass is 10.3. The Hall–Kier alpha value is -1.48. The topological polar surface area (TPSA) is 38.1 Å². The Bertz CT molecular complexity index is 457. The molecule has 1 N–H and O–H groups in total. The number of nitrogens with one attached hydrogen (secondary N) is 1. The maximum Gasteiger partial charge on any atom is 0.213 e. The maximum atomic E-state index is 5.79. The van der Waals surface area contributed by atoms with Gasteiger partial charge in [0.2, 0.25) is 5.89 Å². The van der Waals surface area contributed by atoms with Crippen molar-refractivity contribution in [1.29, 1.82) is 0 Å². The highest BCUT2D eigenvalue weighted by atomic mass is 35.5. The summed E-state index contributed by atoms with van der Waals surface area (Å²) in [7, 11) is 0. The second-order valence-corrected chi connectivity index (χ2v) is 4.05. The summed E-state index contributed by atoms with van der Waals surface area (Å²) < 4.78 is 5.46. The van der Waals surface area contributed by atoms with Gasteiger partial charge in [-0.05, 0) is 38.1 Å². The molecule has 2 rings (SSSR count). The number of nitrogens with zero attached hydrogens (tertiary/aromatic N) is 1. The first kappa shape index (κ1) is 11.0. The SMILES string of the molecule is Cc1nc(CNc2ccc(Cl)cc2)oc1C. The number of anilines is 1. The first-order valence-electron chi connectivity index (χ1n) is 5.07. The number of aromatic nitrogens is 1. The van der Waals surface area contributed by atoms with Crippen molar-refractivity contribution in [3.8, 4) is 0 Å². The summed E-state index contributed by atoms with van der Waals surface area (Å²) >= 11 is 5.79. The maximum absolute atomic E-state index is 5.79. The van der Waals surface area contributed by atoms with Crippen molar-refractivity contribution in [2.24, 2.45) is 0 Å². The molecule has 0 spiro atoms. The zero-order valence-electron chi connectivity index (χ0n) is 9.25. The average molecular weight is 237 g/mol. The Kier molecular flexibility index (Phi) is 3.15. The summed E-state index contributed by atoms with van der Waals surface area (Å²) in [6, 6.07) is 7.53. The fourth-order valence-electron chi connectivity index (χ4n) is 1.36. The van der Waals surface area contributed by atoms with E-state index < -0.39 is 0 Å². The Morgan fingerprint density at radius 1 is 1.25 bits per heavy atom. The minimum Gasteiger partial charge on any atom is -0.444 e. The Morgan fingerprint density at radius 2 is 1.94 bits per heavy atom. The monoisotopic (exact) mass is 236 g/mol. The van der Waals surface area contributed by atoms with Crippen LogP contribution >= 0.6 is 11.6 Å². The Labute approximate surface area is 99.5 Å². The van der Waals surface area contributed by atoms with Gasteiger partial charge in [-0.1, -0.05) is 11.6 Å². The van der Waals surface area contributed by atoms with Crippen molar-refractivity contribution in [1.82, 2.24) is 4.98 Å². The van der Waals surface area contributed by atoms with Crippen LogP contribution in [0, 0.1) is 13.8 Å². The molecule has 0 amide bonds. The third kappa shape index (κ3) is 2.55. The van der Waals surface area contributed by atoms with Gasteiger partial charge in [0.1, 0.15) is 5.76 Å². The lowest BCUT2D eigenvalue weighted by Gasteiger charge is -2.02. The molecule has 4 heteroatoms. The van der Waals surface area contributed by atoms with Gasteiger partial charge in [-0.3, -0.25) is 0 Å². The van der Waals surface area contributed by atoms with E-state index in [-0.39, 0.29) is 0 Å². The summed E-state index contributed by atoms with van der Waals surface area (Å²) in [4.78, 5) is 4.29. The number of benzene rings is 1. The van der Waals surface area contributed by atoms with Crippen LogP contribution in [0.3, 0.4) is 0 Å².